The molecule has 2 aromatic carbocycles. The van der Waals surface area contributed by atoms with E-state index in [9.17, 15) is 4.79 Å². The van der Waals surface area contributed by atoms with Crippen LogP contribution in [0.4, 0.5) is 5.69 Å². The second-order valence-electron chi connectivity index (χ2n) is 4.09. The average Bonchev–Trinajstić information content (AvgIpc) is 2.45. The van der Waals surface area contributed by atoms with E-state index in [1.807, 2.05) is 0 Å². The number of rotatable bonds is 2. The van der Waals surface area contributed by atoms with Crippen LogP contribution in [0.25, 0.3) is 0 Å². The Morgan fingerprint density at radius 1 is 1.14 bits per heavy atom. The number of nitrogens with one attached hydrogen (secondary N) is 1. The van der Waals surface area contributed by atoms with E-state index in [0.717, 1.165) is 0 Å². The third-order valence-corrected chi connectivity index (χ3v) is 3.25. The van der Waals surface area contributed by atoms with Crippen LogP contribution >= 0.6 is 23.2 Å². The fourth-order valence-corrected chi connectivity index (χ4v) is 2.29. The van der Waals surface area contributed by atoms with Gasteiger partial charge in [-0.25, -0.2) is 0 Å². The summed E-state index contributed by atoms with van der Waals surface area (Å²) in [5, 5.41) is 12.0. The van der Waals surface area contributed by atoms with E-state index in [1.165, 1.54) is 0 Å². The predicted molar refractivity (Wildman–Crippen MR) is 84.8 cm³/mol. The van der Waals surface area contributed by atoms with Crippen LogP contribution in [-0.4, -0.2) is 17.6 Å². The Morgan fingerprint density at radius 2 is 1.81 bits per heavy atom. The summed E-state index contributed by atoms with van der Waals surface area (Å²) in [5.41, 5.74) is 1.49. The van der Waals surface area contributed by atoms with Gasteiger partial charge in [-0.05, 0) is 30.3 Å². The van der Waals surface area contributed by atoms with Gasteiger partial charge in [-0.3, -0.25) is 4.79 Å². The number of aliphatic hydroxyl groups is 1. The molecular weight excluding hydrogens is 309 g/mol. The number of hydrogen-bond donors (Lipinski definition) is 2. The molecule has 0 heterocycles. The van der Waals surface area contributed by atoms with Crippen molar-refractivity contribution in [1.29, 1.82) is 0 Å². The maximum absolute atomic E-state index is 12.2. The van der Waals surface area contributed by atoms with Crippen LogP contribution in [0.5, 0.6) is 0 Å². The predicted octanol–water partition coefficient (Wildman–Crippen LogP) is 3.59. The van der Waals surface area contributed by atoms with Gasteiger partial charge in [0.05, 0.1) is 15.6 Å². The maximum atomic E-state index is 12.2. The molecule has 0 saturated heterocycles. The van der Waals surface area contributed by atoms with E-state index in [1.54, 1.807) is 42.5 Å². The van der Waals surface area contributed by atoms with Gasteiger partial charge in [-0.2, -0.15) is 0 Å². The molecule has 21 heavy (non-hydrogen) atoms. The van der Waals surface area contributed by atoms with Crippen molar-refractivity contribution < 1.29 is 9.90 Å². The van der Waals surface area contributed by atoms with E-state index < -0.39 is 5.91 Å². The van der Waals surface area contributed by atoms with Crippen LogP contribution in [0.1, 0.15) is 15.9 Å². The minimum absolute atomic E-state index is 0.216. The van der Waals surface area contributed by atoms with Crippen LogP contribution in [0, 0.1) is 11.8 Å². The highest BCUT2D eigenvalue weighted by Gasteiger charge is 2.14. The molecule has 0 unspecified atom stereocenters. The van der Waals surface area contributed by atoms with Crippen molar-refractivity contribution in [1.82, 2.24) is 0 Å². The maximum Gasteiger partial charge on any atom is 0.258 e. The van der Waals surface area contributed by atoms with Gasteiger partial charge in [0.25, 0.3) is 5.91 Å². The lowest BCUT2D eigenvalue weighted by Crippen LogP contribution is -2.13. The summed E-state index contributed by atoms with van der Waals surface area (Å²) >= 11 is 12.0. The second-order valence-corrected chi connectivity index (χ2v) is 4.91. The molecule has 5 heteroatoms. The lowest BCUT2D eigenvalue weighted by atomic mass is 10.1. The first-order valence-corrected chi connectivity index (χ1v) is 6.82. The van der Waals surface area contributed by atoms with Crippen LogP contribution in [0.2, 0.25) is 10.0 Å². The van der Waals surface area contributed by atoms with Crippen molar-refractivity contribution in [2.45, 2.75) is 0 Å². The van der Waals surface area contributed by atoms with Crippen LogP contribution < -0.4 is 5.32 Å². The van der Waals surface area contributed by atoms with Crippen molar-refractivity contribution in [2.75, 3.05) is 11.9 Å². The molecule has 0 aromatic heterocycles. The van der Waals surface area contributed by atoms with Gasteiger partial charge < -0.3 is 10.4 Å². The third kappa shape index (κ3) is 3.99. The lowest BCUT2D eigenvalue weighted by molar-refractivity contribution is 0.102. The van der Waals surface area contributed by atoms with Gasteiger partial charge in [0.15, 0.2) is 0 Å². The summed E-state index contributed by atoms with van der Waals surface area (Å²) in [6, 6.07) is 11.8. The molecule has 0 atom stereocenters. The molecule has 0 aliphatic rings. The van der Waals surface area contributed by atoms with Crippen LogP contribution in [-0.2, 0) is 0 Å². The first-order valence-electron chi connectivity index (χ1n) is 6.07. The van der Waals surface area contributed by atoms with Crippen molar-refractivity contribution >= 4 is 34.8 Å². The van der Waals surface area contributed by atoms with Crippen molar-refractivity contribution in [3.8, 4) is 11.8 Å². The molecular formula is C16H11Cl2NO2. The molecule has 0 spiro atoms. The number of aliphatic hydroxyl groups excluding tert-OH is 1. The smallest absolute Gasteiger partial charge is 0.258 e. The first kappa shape index (κ1) is 15.4. The number of anilines is 1. The summed E-state index contributed by atoms with van der Waals surface area (Å²) in [7, 11) is 0. The highest BCUT2D eigenvalue weighted by atomic mass is 35.5. The molecule has 0 radical (unpaired) electrons. The second kappa shape index (κ2) is 7.14. The lowest BCUT2D eigenvalue weighted by Gasteiger charge is -2.08. The third-order valence-electron chi connectivity index (χ3n) is 2.62. The fourth-order valence-electron chi connectivity index (χ4n) is 1.72. The Morgan fingerprint density at radius 3 is 2.48 bits per heavy atom. The molecule has 2 rings (SSSR count). The summed E-state index contributed by atoms with van der Waals surface area (Å²) in [6.45, 7) is -0.216. The number of halogens is 2. The molecule has 2 aromatic rings. The average molecular weight is 320 g/mol. The van der Waals surface area contributed by atoms with E-state index >= 15 is 0 Å². The summed E-state index contributed by atoms with van der Waals surface area (Å²) < 4.78 is 0. The minimum Gasteiger partial charge on any atom is -0.384 e. The zero-order valence-electron chi connectivity index (χ0n) is 10.9. The first-order chi connectivity index (χ1) is 10.1. The van der Waals surface area contributed by atoms with Gasteiger partial charge in [-0.1, -0.05) is 47.2 Å². The summed E-state index contributed by atoms with van der Waals surface area (Å²) in [4.78, 5) is 12.2. The van der Waals surface area contributed by atoms with Crippen molar-refractivity contribution in [2.24, 2.45) is 0 Å². The van der Waals surface area contributed by atoms with E-state index in [2.05, 4.69) is 17.2 Å². The minimum atomic E-state index is -0.391. The Kier molecular flexibility index (Phi) is 5.24. The van der Waals surface area contributed by atoms with Gasteiger partial charge in [0.2, 0.25) is 0 Å². The number of hydrogen-bond acceptors (Lipinski definition) is 2. The van der Waals surface area contributed by atoms with Crippen LogP contribution in [0.15, 0.2) is 42.5 Å². The van der Waals surface area contributed by atoms with Gasteiger partial charge in [0, 0.05) is 11.3 Å². The molecule has 0 fully saturated rings. The Hall–Kier alpha value is -1.99. The number of amides is 1. The normalized spacial score (nSPS) is 9.67. The highest BCUT2D eigenvalue weighted by molar-refractivity contribution is 6.40. The SMILES string of the molecule is O=C(Nc1cccc(C#CCO)c1)c1c(Cl)cccc1Cl. The van der Waals surface area contributed by atoms with Gasteiger partial charge in [-0.15, -0.1) is 0 Å². The summed E-state index contributed by atoms with van der Waals surface area (Å²) in [6.07, 6.45) is 0. The molecule has 106 valence electrons. The Bertz CT molecular complexity index is 712. The summed E-state index contributed by atoms with van der Waals surface area (Å²) in [5.74, 6) is 4.92. The molecule has 1 amide bonds. The number of benzene rings is 2. The number of carbonyl (C=O) groups excluding carboxylic acids is 1. The van der Waals surface area contributed by atoms with E-state index in [4.69, 9.17) is 28.3 Å². The zero-order chi connectivity index (χ0) is 15.2. The Balaban J connectivity index is 2.24. The molecule has 0 saturated carbocycles. The van der Waals surface area contributed by atoms with Crippen LogP contribution in [0.3, 0.4) is 0 Å². The standard InChI is InChI=1S/C16H11Cl2NO2/c17-13-7-2-8-14(18)15(13)16(21)19-12-6-1-4-11(10-12)5-3-9-20/h1-2,4,6-8,10,20H,9H2,(H,19,21). The van der Waals surface area contributed by atoms with E-state index in [0.29, 0.717) is 11.3 Å². The zero-order valence-corrected chi connectivity index (χ0v) is 12.4. The molecule has 0 aliphatic carbocycles. The topological polar surface area (TPSA) is 49.3 Å². The quantitative estimate of drug-likeness (QED) is 0.831. The Labute approximate surface area is 132 Å². The van der Waals surface area contributed by atoms with Gasteiger partial charge in [0.1, 0.15) is 6.61 Å². The van der Waals surface area contributed by atoms with Crippen molar-refractivity contribution in [3.63, 3.8) is 0 Å². The fraction of sp³-hybridized carbons (Fsp3) is 0.0625. The van der Waals surface area contributed by atoms with Gasteiger partial charge >= 0.3 is 0 Å². The largest absolute Gasteiger partial charge is 0.384 e. The molecule has 0 bridgehead atoms. The molecule has 0 aliphatic heterocycles. The van der Waals surface area contributed by atoms with Crippen molar-refractivity contribution in [3.05, 3.63) is 63.6 Å². The van der Waals surface area contributed by atoms with E-state index in [-0.39, 0.29) is 22.2 Å². The molecule has 3 nitrogen and oxygen atoms in total. The highest BCUT2D eigenvalue weighted by Crippen LogP contribution is 2.25. The number of carbonyl (C=O) groups is 1. The molecule has 2 N–H and O–H groups in total. The monoisotopic (exact) mass is 319 g/mol.